The maximum Gasteiger partial charge on any atom is 0.243 e. The van der Waals surface area contributed by atoms with Crippen molar-refractivity contribution in [2.24, 2.45) is 52.3 Å². The topological polar surface area (TPSA) is 29.1 Å². The van der Waals surface area contributed by atoms with Crippen molar-refractivity contribution in [2.45, 2.75) is 118 Å². The van der Waals surface area contributed by atoms with Crippen LogP contribution in [0, 0.1) is 52.3 Å². The second-order valence-electron chi connectivity index (χ2n) is 13.4. The van der Waals surface area contributed by atoms with Crippen molar-refractivity contribution < 1.29 is 4.79 Å². The van der Waals surface area contributed by atoms with Crippen LogP contribution in [0.25, 0.3) is 0 Å². The maximum absolute atomic E-state index is 11.9. The fraction of sp³-hybridized carbons (Fsp3) is 0.900. The van der Waals surface area contributed by atoms with Gasteiger partial charge in [-0.15, -0.1) is 0 Å². The molecule has 0 heterocycles. The number of hydrogen-bond acceptors (Lipinski definition) is 1. The number of fused-ring (bicyclic) bond motifs is 5. The summed E-state index contributed by atoms with van der Waals surface area (Å²) >= 11 is 0. The smallest absolute Gasteiger partial charge is 0.243 e. The number of amides is 1. The van der Waals surface area contributed by atoms with Gasteiger partial charge in [0, 0.05) is 6.04 Å². The van der Waals surface area contributed by atoms with Gasteiger partial charge in [-0.3, -0.25) is 4.79 Å². The standard InChI is InChI=1S/C30H51NO/c1-7-28(32)31-23-15-17-29(5)22(19-23)11-12-24-26-14-13-25(21(4)10-8-9-20(2)3)30(26,6)18-16-27(24)29/h7,20-27H,1,8-19H2,2-6H3,(H,31,32)/t21-,22+,23+,24+,25?,26+,27+,29+,30-/m1/s1. The minimum Gasteiger partial charge on any atom is -0.350 e. The quantitative estimate of drug-likeness (QED) is 0.401. The lowest BCUT2D eigenvalue weighted by Gasteiger charge is -2.61. The summed E-state index contributed by atoms with van der Waals surface area (Å²) in [6.07, 6.45) is 18.1. The Morgan fingerprint density at radius 3 is 2.41 bits per heavy atom. The predicted octanol–water partition coefficient (Wildman–Crippen LogP) is 7.78. The highest BCUT2D eigenvalue weighted by Gasteiger charge is 2.60. The van der Waals surface area contributed by atoms with Crippen LogP contribution in [-0.2, 0) is 4.79 Å². The lowest BCUT2D eigenvalue weighted by atomic mass is 9.44. The van der Waals surface area contributed by atoms with E-state index in [-0.39, 0.29) is 5.91 Å². The van der Waals surface area contributed by atoms with Crippen LogP contribution in [-0.4, -0.2) is 11.9 Å². The third-order valence-electron chi connectivity index (χ3n) is 11.4. The van der Waals surface area contributed by atoms with Gasteiger partial charge in [0.1, 0.15) is 0 Å². The number of rotatable bonds is 7. The number of carbonyl (C=O) groups excluding carboxylic acids is 1. The average Bonchev–Trinajstić information content (AvgIpc) is 3.11. The summed E-state index contributed by atoms with van der Waals surface area (Å²) in [6.45, 7) is 16.3. The van der Waals surface area contributed by atoms with Crippen molar-refractivity contribution in [2.75, 3.05) is 0 Å². The SMILES string of the molecule is C=CC(=O)N[C@H]1CC[C@@]2(C)[C@@H](CC[C@@H]3[C@@H]2CC[C@]2(C)C([C@H](C)CCCC(C)C)CC[C@@H]32)C1. The first-order valence-electron chi connectivity index (χ1n) is 14.1. The summed E-state index contributed by atoms with van der Waals surface area (Å²) in [5.74, 6) is 6.36. The Morgan fingerprint density at radius 1 is 0.969 bits per heavy atom. The van der Waals surface area contributed by atoms with E-state index in [0.29, 0.717) is 16.9 Å². The van der Waals surface area contributed by atoms with Gasteiger partial charge in [-0.05, 0) is 116 Å². The van der Waals surface area contributed by atoms with Crippen molar-refractivity contribution in [1.82, 2.24) is 5.32 Å². The van der Waals surface area contributed by atoms with Gasteiger partial charge in [0.15, 0.2) is 0 Å². The highest BCUT2D eigenvalue weighted by atomic mass is 16.1. The molecule has 4 fully saturated rings. The molecule has 0 aromatic rings. The average molecular weight is 442 g/mol. The van der Waals surface area contributed by atoms with Gasteiger partial charge in [-0.25, -0.2) is 0 Å². The molecule has 9 atom stereocenters. The van der Waals surface area contributed by atoms with Gasteiger partial charge in [-0.2, -0.15) is 0 Å². The third kappa shape index (κ3) is 4.34. The second-order valence-corrected chi connectivity index (χ2v) is 13.4. The molecule has 4 rings (SSSR count). The highest BCUT2D eigenvalue weighted by molar-refractivity contribution is 5.87. The van der Waals surface area contributed by atoms with Gasteiger partial charge in [0.25, 0.3) is 0 Å². The molecule has 0 radical (unpaired) electrons. The fourth-order valence-electron chi connectivity index (χ4n) is 9.67. The predicted molar refractivity (Wildman–Crippen MR) is 135 cm³/mol. The van der Waals surface area contributed by atoms with Crippen LogP contribution in [0.4, 0.5) is 0 Å². The van der Waals surface area contributed by atoms with Gasteiger partial charge in [0.05, 0.1) is 0 Å². The Kier molecular flexibility index (Phi) is 7.19. The molecule has 1 unspecified atom stereocenters. The van der Waals surface area contributed by atoms with E-state index in [1.54, 1.807) is 0 Å². The van der Waals surface area contributed by atoms with Crippen molar-refractivity contribution >= 4 is 5.91 Å². The van der Waals surface area contributed by atoms with Crippen LogP contribution >= 0.6 is 0 Å². The lowest BCUT2D eigenvalue weighted by Crippen LogP contribution is -2.55. The van der Waals surface area contributed by atoms with Crippen LogP contribution in [0.15, 0.2) is 12.7 Å². The van der Waals surface area contributed by atoms with E-state index in [9.17, 15) is 4.79 Å². The molecule has 4 aliphatic rings. The third-order valence-corrected chi connectivity index (χ3v) is 11.4. The van der Waals surface area contributed by atoms with Crippen molar-refractivity contribution in [3.05, 3.63) is 12.7 Å². The van der Waals surface area contributed by atoms with E-state index in [1.807, 2.05) is 0 Å². The Balaban J connectivity index is 1.42. The van der Waals surface area contributed by atoms with Crippen molar-refractivity contribution in [1.29, 1.82) is 0 Å². The zero-order valence-electron chi connectivity index (χ0n) is 21.8. The van der Waals surface area contributed by atoms with Crippen LogP contribution in [0.5, 0.6) is 0 Å². The zero-order valence-corrected chi connectivity index (χ0v) is 21.8. The molecule has 0 spiro atoms. The molecule has 2 nitrogen and oxygen atoms in total. The van der Waals surface area contributed by atoms with E-state index in [2.05, 4.69) is 46.5 Å². The van der Waals surface area contributed by atoms with E-state index >= 15 is 0 Å². The second kappa shape index (κ2) is 9.46. The molecule has 0 bridgehead atoms. The first-order valence-corrected chi connectivity index (χ1v) is 14.1. The van der Waals surface area contributed by atoms with E-state index in [1.165, 1.54) is 76.7 Å². The van der Waals surface area contributed by atoms with Crippen LogP contribution in [0.2, 0.25) is 0 Å². The molecule has 32 heavy (non-hydrogen) atoms. The minimum atomic E-state index is 0.0141. The van der Waals surface area contributed by atoms with E-state index < -0.39 is 0 Å². The van der Waals surface area contributed by atoms with E-state index in [0.717, 1.165) is 47.8 Å². The molecule has 0 saturated heterocycles. The Morgan fingerprint density at radius 2 is 1.69 bits per heavy atom. The first kappa shape index (κ1) is 24.3. The van der Waals surface area contributed by atoms with E-state index in [4.69, 9.17) is 0 Å². The number of carbonyl (C=O) groups is 1. The van der Waals surface area contributed by atoms with Crippen LogP contribution < -0.4 is 5.32 Å². The molecule has 1 N–H and O–H groups in total. The van der Waals surface area contributed by atoms with Crippen LogP contribution in [0.3, 0.4) is 0 Å². The normalized spacial score (nSPS) is 44.3. The van der Waals surface area contributed by atoms with Gasteiger partial charge in [0.2, 0.25) is 5.91 Å². The molecule has 2 heteroatoms. The summed E-state index contributed by atoms with van der Waals surface area (Å²) in [5.41, 5.74) is 1.09. The zero-order chi connectivity index (χ0) is 23.1. The van der Waals surface area contributed by atoms with Crippen molar-refractivity contribution in [3.63, 3.8) is 0 Å². The first-order chi connectivity index (χ1) is 15.2. The molecular formula is C30H51NO. The Hall–Kier alpha value is -0.790. The van der Waals surface area contributed by atoms with Gasteiger partial charge in [-0.1, -0.05) is 60.5 Å². The van der Waals surface area contributed by atoms with Crippen molar-refractivity contribution in [3.8, 4) is 0 Å². The number of nitrogens with one attached hydrogen (secondary N) is 1. The molecule has 0 aromatic heterocycles. The molecule has 4 aliphatic carbocycles. The summed E-state index contributed by atoms with van der Waals surface area (Å²) in [7, 11) is 0. The number of hydrogen-bond donors (Lipinski definition) is 1. The minimum absolute atomic E-state index is 0.0141. The highest BCUT2D eigenvalue weighted by Crippen LogP contribution is 2.68. The summed E-state index contributed by atoms with van der Waals surface area (Å²) in [4.78, 5) is 11.9. The van der Waals surface area contributed by atoms with Gasteiger partial charge >= 0.3 is 0 Å². The fourth-order valence-corrected chi connectivity index (χ4v) is 9.67. The molecule has 0 aliphatic heterocycles. The molecule has 1 amide bonds. The maximum atomic E-state index is 11.9. The Labute approximate surface area is 198 Å². The Bertz CT molecular complexity index is 684. The molecular weight excluding hydrogens is 390 g/mol. The summed E-state index contributed by atoms with van der Waals surface area (Å²) in [5, 5.41) is 3.22. The summed E-state index contributed by atoms with van der Waals surface area (Å²) < 4.78 is 0. The molecule has 182 valence electrons. The molecule has 0 aromatic carbocycles. The lowest BCUT2D eigenvalue weighted by molar-refractivity contribution is -0.125. The molecule has 4 saturated carbocycles. The monoisotopic (exact) mass is 441 g/mol. The van der Waals surface area contributed by atoms with Crippen LogP contribution in [0.1, 0.15) is 112 Å². The summed E-state index contributed by atoms with van der Waals surface area (Å²) in [6, 6.07) is 0.367. The largest absolute Gasteiger partial charge is 0.350 e. The van der Waals surface area contributed by atoms with Gasteiger partial charge < -0.3 is 5.32 Å².